The number of amides is 2. The van der Waals surface area contributed by atoms with Crippen molar-refractivity contribution in [3.63, 3.8) is 0 Å². The third-order valence-electron chi connectivity index (χ3n) is 5.72. The molecule has 0 aliphatic carbocycles. The summed E-state index contributed by atoms with van der Waals surface area (Å²) in [4.78, 5) is 26.2. The van der Waals surface area contributed by atoms with Crippen molar-refractivity contribution >= 4 is 17.5 Å². The molecule has 1 heterocycles. The Labute approximate surface area is 182 Å². The first-order valence-electron chi connectivity index (χ1n) is 10.7. The lowest BCUT2D eigenvalue weighted by Gasteiger charge is -2.25. The number of quaternary nitrogens is 1. The first-order chi connectivity index (χ1) is 15.1. The number of aryl methyl sites for hydroxylation is 1. The van der Waals surface area contributed by atoms with Crippen LogP contribution >= 0.6 is 0 Å². The molecular formula is C26H28N3O2+. The van der Waals surface area contributed by atoms with Gasteiger partial charge >= 0.3 is 0 Å². The Morgan fingerprint density at radius 2 is 1.71 bits per heavy atom. The number of carbonyl (C=O) groups excluding carboxylic acids is 2. The van der Waals surface area contributed by atoms with Crippen LogP contribution < -0.4 is 16.0 Å². The van der Waals surface area contributed by atoms with E-state index in [4.69, 9.17) is 0 Å². The minimum Gasteiger partial charge on any atom is -0.339 e. The Morgan fingerprint density at radius 1 is 0.968 bits per heavy atom. The summed E-state index contributed by atoms with van der Waals surface area (Å²) >= 11 is 0. The number of hydrogen-bond acceptors (Lipinski definition) is 2. The molecule has 0 bridgehead atoms. The van der Waals surface area contributed by atoms with Gasteiger partial charge in [0.2, 0.25) is 5.91 Å². The van der Waals surface area contributed by atoms with Crippen LogP contribution in [0.4, 0.5) is 5.69 Å². The van der Waals surface area contributed by atoms with Crippen molar-refractivity contribution in [3.05, 3.63) is 101 Å². The van der Waals surface area contributed by atoms with Gasteiger partial charge < -0.3 is 16.0 Å². The molecule has 0 spiro atoms. The maximum Gasteiger partial charge on any atom is 0.279 e. The Morgan fingerprint density at radius 3 is 2.48 bits per heavy atom. The predicted molar refractivity (Wildman–Crippen MR) is 121 cm³/mol. The fraction of sp³-hybridized carbons (Fsp3) is 0.231. The second-order valence-corrected chi connectivity index (χ2v) is 8.13. The summed E-state index contributed by atoms with van der Waals surface area (Å²) < 4.78 is 0. The minimum atomic E-state index is -0.652. The van der Waals surface area contributed by atoms with Crippen molar-refractivity contribution in [1.29, 1.82) is 0 Å². The smallest absolute Gasteiger partial charge is 0.279 e. The molecule has 3 aromatic carbocycles. The van der Waals surface area contributed by atoms with Gasteiger partial charge in [-0.05, 0) is 35.7 Å². The minimum absolute atomic E-state index is 0.102. The van der Waals surface area contributed by atoms with Crippen LogP contribution in [-0.2, 0) is 29.0 Å². The Hall–Kier alpha value is -3.44. The van der Waals surface area contributed by atoms with Gasteiger partial charge in [0, 0.05) is 24.1 Å². The van der Waals surface area contributed by atoms with Crippen LogP contribution in [0.3, 0.4) is 0 Å². The highest BCUT2D eigenvalue weighted by Crippen LogP contribution is 2.14. The second-order valence-electron chi connectivity index (χ2n) is 8.13. The van der Waals surface area contributed by atoms with E-state index in [0.717, 1.165) is 23.4 Å². The van der Waals surface area contributed by atoms with Crippen molar-refractivity contribution in [3.8, 4) is 0 Å². The summed E-state index contributed by atoms with van der Waals surface area (Å²) in [6, 6.07) is 24.8. The molecule has 0 saturated heterocycles. The summed E-state index contributed by atoms with van der Waals surface area (Å²) in [5.41, 5.74) is 5.27. The molecule has 1 aliphatic rings. The maximum atomic E-state index is 13.1. The van der Waals surface area contributed by atoms with E-state index in [9.17, 15) is 9.59 Å². The average Bonchev–Trinajstić information content (AvgIpc) is 2.79. The van der Waals surface area contributed by atoms with E-state index < -0.39 is 6.04 Å². The molecule has 0 radical (unpaired) electrons. The molecule has 4 rings (SSSR count). The van der Waals surface area contributed by atoms with Crippen molar-refractivity contribution in [2.75, 3.05) is 5.32 Å². The zero-order valence-electron chi connectivity index (χ0n) is 17.7. The van der Waals surface area contributed by atoms with Crippen LogP contribution in [-0.4, -0.2) is 23.9 Å². The van der Waals surface area contributed by atoms with Crippen molar-refractivity contribution in [2.45, 2.75) is 38.4 Å². The molecule has 0 unspecified atom stereocenters. The van der Waals surface area contributed by atoms with Crippen molar-refractivity contribution in [2.24, 2.45) is 0 Å². The molecule has 2 amide bonds. The summed E-state index contributed by atoms with van der Waals surface area (Å²) in [5.74, 6) is -0.311. The van der Waals surface area contributed by atoms with Crippen LogP contribution in [0.15, 0.2) is 78.9 Å². The number of nitrogens with two attached hydrogens (primary N) is 1. The molecule has 5 nitrogen and oxygen atoms in total. The number of hydrogen-bond donors (Lipinski definition) is 3. The zero-order valence-corrected chi connectivity index (χ0v) is 17.7. The highest BCUT2D eigenvalue weighted by molar-refractivity contribution is 5.98. The third kappa shape index (κ3) is 5.38. The van der Waals surface area contributed by atoms with Gasteiger partial charge in [-0.25, -0.2) is 0 Å². The summed E-state index contributed by atoms with van der Waals surface area (Å²) in [7, 11) is 0. The maximum absolute atomic E-state index is 13.1. The fourth-order valence-corrected chi connectivity index (χ4v) is 4.04. The number of fused-ring (bicyclic) bond motifs is 1. The highest BCUT2D eigenvalue weighted by atomic mass is 16.2. The van der Waals surface area contributed by atoms with Gasteiger partial charge in [-0.15, -0.1) is 0 Å². The molecular weight excluding hydrogens is 386 g/mol. The summed E-state index contributed by atoms with van der Waals surface area (Å²) in [6.07, 6.45) is 1.10. The Balaban J connectivity index is 1.48. The van der Waals surface area contributed by atoms with Gasteiger partial charge in [0.05, 0.1) is 0 Å². The molecule has 158 valence electrons. The van der Waals surface area contributed by atoms with E-state index in [2.05, 4.69) is 28.1 Å². The largest absolute Gasteiger partial charge is 0.339 e. The second kappa shape index (κ2) is 9.58. The molecule has 0 aromatic heterocycles. The van der Waals surface area contributed by atoms with E-state index >= 15 is 0 Å². The monoisotopic (exact) mass is 414 g/mol. The highest BCUT2D eigenvalue weighted by Gasteiger charge is 2.31. The Bertz CT molecular complexity index is 1070. The summed E-state index contributed by atoms with van der Waals surface area (Å²) in [6.45, 7) is 2.75. The van der Waals surface area contributed by atoms with Crippen LogP contribution in [0.5, 0.6) is 0 Å². The number of rotatable bonds is 6. The van der Waals surface area contributed by atoms with Crippen LogP contribution in [0.1, 0.15) is 22.3 Å². The van der Waals surface area contributed by atoms with Crippen LogP contribution in [0.25, 0.3) is 0 Å². The lowest BCUT2D eigenvalue weighted by Crippen LogP contribution is -2.93. The van der Waals surface area contributed by atoms with Gasteiger partial charge in [-0.2, -0.15) is 0 Å². The Kier molecular flexibility index (Phi) is 6.43. The fourth-order valence-electron chi connectivity index (χ4n) is 4.04. The first kappa shape index (κ1) is 20.8. The van der Waals surface area contributed by atoms with Gasteiger partial charge in [-0.1, -0.05) is 66.7 Å². The molecule has 1 aliphatic heterocycles. The number of benzene rings is 3. The first-order valence-corrected chi connectivity index (χ1v) is 10.7. The molecule has 2 atom stereocenters. The number of nitrogens with one attached hydrogen (secondary N) is 2. The SMILES string of the molecule is Cc1cccc(NC(=O)[C@H](Cc2ccccc2)NC(=O)[C@@H]2Cc3ccccc3C[NH2+]2)c1. The van der Waals surface area contributed by atoms with Crippen LogP contribution in [0, 0.1) is 6.92 Å². The van der Waals surface area contributed by atoms with Crippen molar-refractivity contribution < 1.29 is 14.9 Å². The third-order valence-corrected chi connectivity index (χ3v) is 5.72. The molecule has 0 saturated carbocycles. The molecule has 31 heavy (non-hydrogen) atoms. The van der Waals surface area contributed by atoms with E-state index in [1.54, 1.807) is 0 Å². The van der Waals surface area contributed by atoms with Crippen LogP contribution in [0.2, 0.25) is 0 Å². The van der Waals surface area contributed by atoms with E-state index in [-0.39, 0.29) is 17.9 Å². The van der Waals surface area contributed by atoms with E-state index in [1.165, 1.54) is 11.1 Å². The lowest BCUT2D eigenvalue weighted by molar-refractivity contribution is -0.695. The molecule has 3 aromatic rings. The normalized spacial score (nSPS) is 16.1. The quantitative estimate of drug-likeness (QED) is 0.579. The molecule has 5 heteroatoms. The topological polar surface area (TPSA) is 74.8 Å². The number of carbonyl (C=O) groups is 2. The lowest BCUT2D eigenvalue weighted by atomic mass is 9.95. The van der Waals surface area contributed by atoms with E-state index in [0.29, 0.717) is 12.8 Å². The van der Waals surface area contributed by atoms with Gasteiger partial charge in [0.15, 0.2) is 6.04 Å². The number of anilines is 1. The molecule has 0 fully saturated rings. The van der Waals surface area contributed by atoms with E-state index in [1.807, 2.05) is 73.7 Å². The predicted octanol–water partition coefficient (Wildman–Crippen LogP) is 2.35. The molecule has 4 N–H and O–H groups in total. The summed E-state index contributed by atoms with van der Waals surface area (Å²) in [5, 5.41) is 8.03. The van der Waals surface area contributed by atoms with Gasteiger partial charge in [-0.3, -0.25) is 9.59 Å². The zero-order chi connectivity index (χ0) is 21.6. The average molecular weight is 415 g/mol. The standard InChI is InChI=1S/C26H27N3O2/c1-18-8-7-13-22(14-18)28-26(31)24(15-19-9-3-2-4-10-19)29-25(30)23-16-20-11-5-6-12-21(20)17-27-23/h2-14,23-24,27H,15-17H2,1H3,(H,28,31)(H,29,30)/p+1/t23-,24-/m0/s1. The van der Waals surface area contributed by atoms with Crippen molar-refractivity contribution in [1.82, 2.24) is 5.32 Å². The van der Waals surface area contributed by atoms with Gasteiger partial charge in [0.1, 0.15) is 12.6 Å². The van der Waals surface area contributed by atoms with Gasteiger partial charge in [0.25, 0.3) is 5.91 Å².